The number of carbonyl (C=O) groups excluding carboxylic acids is 1. The van der Waals surface area contributed by atoms with Crippen LogP contribution in [-0.4, -0.2) is 33.1 Å². The molecule has 0 spiro atoms. The largest absolute Gasteiger partial charge is 0.495 e. The molecule has 0 saturated carbocycles. The number of anilines is 2. The maximum atomic E-state index is 13.5. The third-order valence-electron chi connectivity index (χ3n) is 4.51. The van der Waals surface area contributed by atoms with Crippen LogP contribution < -0.4 is 14.4 Å². The van der Waals surface area contributed by atoms with Gasteiger partial charge in [0.25, 0.3) is 10.0 Å². The van der Waals surface area contributed by atoms with Gasteiger partial charge in [-0.3, -0.25) is 9.10 Å². The Morgan fingerprint density at radius 3 is 2.37 bits per heavy atom. The monoisotopic (exact) mass is 429 g/mol. The van der Waals surface area contributed by atoms with Crippen LogP contribution in [0.2, 0.25) is 0 Å². The first-order valence-corrected chi connectivity index (χ1v) is 10.6. The first-order valence-electron chi connectivity index (χ1n) is 9.19. The van der Waals surface area contributed by atoms with E-state index in [4.69, 9.17) is 9.26 Å². The Labute approximate surface area is 175 Å². The number of rotatable bonds is 7. The number of nitrogens with zero attached hydrogens (tertiary/aromatic N) is 2. The van der Waals surface area contributed by atoms with E-state index in [1.54, 1.807) is 55.5 Å². The number of aryl methyl sites for hydroxylation is 3. The first kappa shape index (κ1) is 21.4. The second kappa shape index (κ2) is 8.58. The zero-order valence-electron chi connectivity index (χ0n) is 17.2. The van der Waals surface area contributed by atoms with Crippen LogP contribution in [0, 0.1) is 20.8 Å². The van der Waals surface area contributed by atoms with Gasteiger partial charge in [0, 0.05) is 0 Å². The molecule has 3 aromatic rings. The number of hydrogen-bond donors (Lipinski definition) is 1. The van der Waals surface area contributed by atoms with Gasteiger partial charge in [0.15, 0.2) is 10.7 Å². The van der Waals surface area contributed by atoms with Crippen molar-refractivity contribution in [3.8, 4) is 5.75 Å². The van der Waals surface area contributed by atoms with E-state index in [-0.39, 0.29) is 16.3 Å². The lowest BCUT2D eigenvalue weighted by Gasteiger charge is -2.24. The second-order valence-corrected chi connectivity index (χ2v) is 8.55. The van der Waals surface area contributed by atoms with Gasteiger partial charge in [-0.15, -0.1) is 0 Å². The van der Waals surface area contributed by atoms with Crippen molar-refractivity contribution in [1.29, 1.82) is 0 Å². The molecule has 0 saturated heterocycles. The van der Waals surface area contributed by atoms with Gasteiger partial charge in [0.05, 0.1) is 18.5 Å². The fourth-order valence-electron chi connectivity index (χ4n) is 3.05. The van der Waals surface area contributed by atoms with E-state index in [9.17, 15) is 13.2 Å². The molecule has 0 unspecified atom stereocenters. The number of ether oxygens (including phenoxy) is 1. The average Bonchev–Trinajstić information content (AvgIpc) is 3.06. The summed E-state index contributed by atoms with van der Waals surface area (Å²) in [6, 6.07) is 13.8. The number of para-hydroxylation sites is 2. The molecule has 0 atom stereocenters. The third-order valence-corrected chi connectivity index (χ3v) is 6.53. The van der Waals surface area contributed by atoms with Crippen LogP contribution in [0.3, 0.4) is 0 Å². The van der Waals surface area contributed by atoms with Crippen molar-refractivity contribution >= 4 is 27.3 Å². The molecule has 9 heteroatoms. The Morgan fingerprint density at radius 1 is 1.10 bits per heavy atom. The van der Waals surface area contributed by atoms with Gasteiger partial charge in [0.1, 0.15) is 18.0 Å². The number of carbonyl (C=O) groups is 1. The molecule has 3 rings (SSSR count). The number of amides is 1. The SMILES string of the molecule is COc1ccccc1NC(=O)CN(c1ccc(C)cc1)S(=O)(=O)c1c(C)noc1C. The summed E-state index contributed by atoms with van der Waals surface area (Å²) in [5.41, 5.74) is 2.00. The van der Waals surface area contributed by atoms with E-state index in [1.807, 2.05) is 6.92 Å². The van der Waals surface area contributed by atoms with Crippen molar-refractivity contribution in [2.75, 3.05) is 23.3 Å². The zero-order chi connectivity index (χ0) is 21.9. The molecule has 1 amide bonds. The highest BCUT2D eigenvalue weighted by molar-refractivity contribution is 7.93. The molecule has 0 aliphatic heterocycles. The molecule has 30 heavy (non-hydrogen) atoms. The van der Waals surface area contributed by atoms with Crippen molar-refractivity contribution < 1.29 is 22.5 Å². The summed E-state index contributed by atoms with van der Waals surface area (Å²) in [4.78, 5) is 12.8. The van der Waals surface area contributed by atoms with Crippen molar-refractivity contribution in [3.05, 3.63) is 65.5 Å². The van der Waals surface area contributed by atoms with Gasteiger partial charge >= 0.3 is 0 Å². The minimum atomic E-state index is -4.10. The van der Waals surface area contributed by atoms with Gasteiger partial charge in [-0.2, -0.15) is 0 Å². The van der Waals surface area contributed by atoms with E-state index in [2.05, 4.69) is 10.5 Å². The molecule has 2 aromatic carbocycles. The maximum absolute atomic E-state index is 13.5. The summed E-state index contributed by atoms with van der Waals surface area (Å²) in [5, 5.41) is 6.45. The lowest BCUT2D eigenvalue weighted by molar-refractivity contribution is -0.114. The molecule has 0 fully saturated rings. The fraction of sp³-hybridized carbons (Fsp3) is 0.238. The van der Waals surface area contributed by atoms with Gasteiger partial charge in [-0.05, 0) is 45.0 Å². The molecular formula is C21H23N3O5S. The Kier molecular flexibility index (Phi) is 6.12. The molecule has 0 aliphatic carbocycles. The normalized spacial score (nSPS) is 11.2. The Hall–Kier alpha value is -3.33. The highest BCUT2D eigenvalue weighted by atomic mass is 32.2. The Bertz CT molecular complexity index is 1130. The summed E-state index contributed by atoms with van der Waals surface area (Å²) in [6.07, 6.45) is 0. The quantitative estimate of drug-likeness (QED) is 0.617. The van der Waals surface area contributed by atoms with E-state index in [1.165, 1.54) is 14.0 Å². The lowest BCUT2D eigenvalue weighted by atomic mass is 10.2. The molecular weight excluding hydrogens is 406 g/mol. The molecule has 0 radical (unpaired) electrons. The minimum absolute atomic E-state index is 0.0480. The summed E-state index contributed by atoms with van der Waals surface area (Å²) < 4.78 is 38.2. The van der Waals surface area contributed by atoms with E-state index in [0.29, 0.717) is 17.1 Å². The Balaban J connectivity index is 1.98. The predicted molar refractivity (Wildman–Crippen MR) is 113 cm³/mol. The average molecular weight is 429 g/mol. The number of hydrogen-bond acceptors (Lipinski definition) is 6. The van der Waals surface area contributed by atoms with Crippen LogP contribution in [0.4, 0.5) is 11.4 Å². The van der Waals surface area contributed by atoms with Gasteiger partial charge in [0.2, 0.25) is 5.91 Å². The molecule has 0 bridgehead atoms. The Morgan fingerprint density at radius 2 is 1.77 bits per heavy atom. The summed E-state index contributed by atoms with van der Waals surface area (Å²) in [7, 11) is -2.61. The van der Waals surface area contributed by atoms with Crippen LogP contribution in [0.5, 0.6) is 5.75 Å². The van der Waals surface area contributed by atoms with Gasteiger partial charge in [-0.25, -0.2) is 8.42 Å². The van der Waals surface area contributed by atoms with Crippen LogP contribution in [0.15, 0.2) is 57.9 Å². The molecule has 158 valence electrons. The first-order chi connectivity index (χ1) is 14.2. The number of benzene rings is 2. The molecule has 1 aromatic heterocycles. The van der Waals surface area contributed by atoms with Crippen LogP contribution in [0.25, 0.3) is 0 Å². The molecule has 1 N–H and O–H groups in total. The van der Waals surface area contributed by atoms with Crippen LogP contribution in [0.1, 0.15) is 17.0 Å². The van der Waals surface area contributed by atoms with Crippen molar-refractivity contribution in [1.82, 2.24) is 5.16 Å². The van der Waals surface area contributed by atoms with E-state index >= 15 is 0 Å². The molecule has 1 heterocycles. The highest BCUT2D eigenvalue weighted by Crippen LogP contribution is 2.29. The van der Waals surface area contributed by atoms with Crippen LogP contribution in [-0.2, 0) is 14.8 Å². The minimum Gasteiger partial charge on any atom is -0.495 e. The number of sulfonamides is 1. The van der Waals surface area contributed by atoms with E-state index < -0.39 is 22.5 Å². The fourth-order valence-corrected chi connectivity index (χ4v) is 4.77. The topological polar surface area (TPSA) is 102 Å². The summed E-state index contributed by atoms with van der Waals surface area (Å²) in [5.74, 6) is 0.117. The zero-order valence-corrected chi connectivity index (χ0v) is 18.0. The standard InChI is InChI=1S/C21H23N3O5S/c1-14-9-11-17(12-10-14)24(30(26,27)21-15(2)23-29-16(21)3)13-20(25)22-18-7-5-6-8-19(18)28-4/h5-12H,13H2,1-4H3,(H,22,25). The van der Waals surface area contributed by atoms with Crippen LogP contribution >= 0.6 is 0 Å². The van der Waals surface area contributed by atoms with Gasteiger partial charge in [-0.1, -0.05) is 35.0 Å². The number of nitrogens with one attached hydrogen (secondary N) is 1. The van der Waals surface area contributed by atoms with Crippen molar-refractivity contribution in [3.63, 3.8) is 0 Å². The molecule has 0 aliphatic rings. The highest BCUT2D eigenvalue weighted by Gasteiger charge is 2.33. The third kappa shape index (κ3) is 4.30. The predicted octanol–water partition coefficient (Wildman–Crippen LogP) is 3.44. The van der Waals surface area contributed by atoms with Gasteiger partial charge < -0.3 is 14.6 Å². The second-order valence-electron chi connectivity index (χ2n) is 6.75. The molecule has 8 nitrogen and oxygen atoms in total. The number of aromatic nitrogens is 1. The maximum Gasteiger partial charge on any atom is 0.270 e. The summed E-state index contributed by atoms with van der Waals surface area (Å²) in [6.45, 7) is 4.53. The van der Waals surface area contributed by atoms with Crippen molar-refractivity contribution in [2.24, 2.45) is 0 Å². The number of methoxy groups -OCH3 is 1. The van der Waals surface area contributed by atoms with Crippen molar-refractivity contribution in [2.45, 2.75) is 25.7 Å². The summed E-state index contributed by atoms with van der Waals surface area (Å²) >= 11 is 0. The lowest BCUT2D eigenvalue weighted by Crippen LogP contribution is -2.38. The smallest absolute Gasteiger partial charge is 0.270 e. The van der Waals surface area contributed by atoms with E-state index in [0.717, 1.165) is 9.87 Å².